The molecule has 3 unspecified atom stereocenters. The molecule has 94 valence electrons. The van der Waals surface area contributed by atoms with Crippen molar-refractivity contribution in [2.24, 2.45) is 11.8 Å². The Kier molecular flexibility index (Phi) is 3.85. The van der Waals surface area contributed by atoms with E-state index >= 15 is 0 Å². The first-order valence-corrected chi connectivity index (χ1v) is 8.18. The molecule has 4 heteroatoms. The van der Waals surface area contributed by atoms with E-state index in [0.29, 0.717) is 6.04 Å². The normalized spacial score (nSPS) is 31.9. The molecule has 2 nitrogen and oxygen atoms in total. The van der Waals surface area contributed by atoms with Gasteiger partial charge in [0, 0.05) is 28.5 Å². The van der Waals surface area contributed by atoms with Crippen LogP contribution in [0.1, 0.15) is 24.1 Å². The number of nitrogens with one attached hydrogen (secondary N) is 2. The summed E-state index contributed by atoms with van der Waals surface area (Å²) in [7, 11) is 0. The summed E-state index contributed by atoms with van der Waals surface area (Å²) in [5.74, 6) is 1.91. The molecule has 0 radical (unpaired) electrons. The first kappa shape index (κ1) is 12.2. The van der Waals surface area contributed by atoms with E-state index in [1.807, 2.05) is 11.3 Å². The van der Waals surface area contributed by atoms with Crippen LogP contribution in [0.5, 0.6) is 0 Å². The van der Waals surface area contributed by atoms with Crippen LogP contribution in [0.25, 0.3) is 0 Å². The van der Waals surface area contributed by atoms with Crippen molar-refractivity contribution in [2.45, 2.75) is 31.8 Å². The minimum absolute atomic E-state index is 0.709. The highest BCUT2D eigenvalue weighted by Crippen LogP contribution is 2.37. The van der Waals surface area contributed by atoms with Crippen LogP contribution >= 0.6 is 27.3 Å². The van der Waals surface area contributed by atoms with E-state index in [1.54, 1.807) is 0 Å². The van der Waals surface area contributed by atoms with E-state index < -0.39 is 0 Å². The Morgan fingerprint density at radius 3 is 3.24 bits per heavy atom. The first-order chi connectivity index (χ1) is 8.34. The average molecular weight is 315 g/mol. The monoisotopic (exact) mass is 314 g/mol. The fourth-order valence-corrected chi connectivity index (χ4v) is 4.78. The van der Waals surface area contributed by atoms with Crippen molar-refractivity contribution in [2.75, 3.05) is 13.1 Å². The molecule has 2 fully saturated rings. The molecule has 0 bridgehead atoms. The summed E-state index contributed by atoms with van der Waals surface area (Å²) in [5, 5.41) is 9.42. The lowest BCUT2D eigenvalue weighted by Crippen LogP contribution is -2.37. The van der Waals surface area contributed by atoms with Crippen LogP contribution in [0.4, 0.5) is 0 Å². The average Bonchev–Trinajstić information content (AvgIpc) is 2.98. The zero-order valence-electron chi connectivity index (χ0n) is 9.92. The molecule has 0 amide bonds. The number of fused-ring (bicyclic) bond motifs is 1. The Hall–Kier alpha value is 0.1000. The smallest absolute Gasteiger partial charge is 0.0327 e. The molecule has 1 saturated heterocycles. The molecule has 1 aromatic rings. The molecule has 2 N–H and O–H groups in total. The predicted molar refractivity (Wildman–Crippen MR) is 76.3 cm³/mol. The fraction of sp³-hybridized carbons (Fsp3) is 0.692. The molecule has 2 heterocycles. The predicted octanol–water partition coefficient (Wildman–Crippen LogP) is 2.99. The van der Waals surface area contributed by atoms with Crippen LogP contribution in [-0.2, 0) is 6.54 Å². The molecular weight excluding hydrogens is 296 g/mol. The van der Waals surface area contributed by atoms with E-state index in [0.717, 1.165) is 24.9 Å². The van der Waals surface area contributed by atoms with Crippen molar-refractivity contribution >= 4 is 27.3 Å². The lowest BCUT2D eigenvalue weighted by atomic mass is 9.94. The second-order valence-corrected chi connectivity index (χ2v) is 7.05. The molecule has 1 aromatic heterocycles. The largest absolute Gasteiger partial charge is 0.312 e. The summed E-state index contributed by atoms with van der Waals surface area (Å²) in [6.45, 7) is 3.36. The van der Waals surface area contributed by atoms with Gasteiger partial charge in [0.1, 0.15) is 0 Å². The van der Waals surface area contributed by atoms with E-state index in [9.17, 15) is 0 Å². The summed E-state index contributed by atoms with van der Waals surface area (Å²) in [6, 6.07) is 2.84. The van der Waals surface area contributed by atoms with Gasteiger partial charge in [-0.15, -0.1) is 11.3 Å². The van der Waals surface area contributed by atoms with Gasteiger partial charge in [-0.1, -0.05) is 6.42 Å². The Morgan fingerprint density at radius 1 is 1.47 bits per heavy atom. The molecule has 1 aliphatic carbocycles. The van der Waals surface area contributed by atoms with Crippen molar-refractivity contribution in [1.29, 1.82) is 0 Å². The third-order valence-electron chi connectivity index (χ3n) is 4.22. The van der Waals surface area contributed by atoms with Crippen molar-refractivity contribution in [3.63, 3.8) is 0 Å². The van der Waals surface area contributed by atoms with Crippen LogP contribution in [0, 0.1) is 11.8 Å². The minimum Gasteiger partial charge on any atom is -0.312 e. The van der Waals surface area contributed by atoms with Gasteiger partial charge in [-0.05, 0) is 58.6 Å². The number of rotatable bonds is 4. The molecule has 3 rings (SSSR count). The fourth-order valence-electron chi connectivity index (χ4n) is 3.32. The SMILES string of the molecule is Brc1ccsc1CNCC1NCC2CCCC21. The molecule has 3 atom stereocenters. The number of hydrogen-bond donors (Lipinski definition) is 2. The number of halogens is 1. The van der Waals surface area contributed by atoms with Crippen molar-refractivity contribution in [3.8, 4) is 0 Å². The second kappa shape index (κ2) is 5.39. The molecule has 0 spiro atoms. The Morgan fingerprint density at radius 2 is 2.41 bits per heavy atom. The van der Waals surface area contributed by atoms with E-state index in [2.05, 4.69) is 38.0 Å². The highest BCUT2D eigenvalue weighted by atomic mass is 79.9. The number of hydrogen-bond acceptors (Lipinski definition) is 3. The van der Waals surface area contributed by atoms with Crippen molar-refractivity contribution < 1.29 is 0 Å². The molecule has 1 saturated carbocycles. The highest BCUT2D eigenvalue weighted by molar-refractivity contribution is 9.10. The lowest BCUT2D eigenvalue weighted by Gasteiger charge is -2.18. The summed E-state index contributed by atoms with van der Waals surface area (Å²) < 4.78 is 1.24. The van der Waals surface area contributed by atoms with Gasteiger partial charge in [0.05, 0.1) is 0 Å². The summed E-state index contributed by atoms with van der Waals surface area (Å²) in [6.07, 6.45) is 4.33. The van der Waals surface area contributed by atoms with E-state index in [4.69, 9.17) is 0 Å². The standard InChI is InChI=1S/C13H19BrN2S/c14-11-4-5-17-13(11)8-15-7-12-10-3-1-2-9(10)6-16-12/h4-5,9-10,12,15-16H,1-3,6-8H2. The lowest BCUT2D eigenvalue weighted by molar-refractivity contribution is 0.393. The zero-order chi connectivity index (χ0) is 11.7. The molecule has 17 heavy (non-hydrogen) atoms. The quantitative estimate of drug-likeness (QED) is 0.892. The van der Waals surface area contributed by atoms with Gasteiger partial charge < -0.3 is 10.6 Å². The van der Waals surface area contributed by atoms with Crippen LogP contribution in [0.2, 0.25) is 0 Å². The third-order valence-corrected chi connectivity index (χ3v) is 6.14. The number of thiophene rings is 1. The Bertz CT molecular complexity index is 379. The van der Waals surface area contributed by atoms with Gasteiger partial charge in [-0.25, -0.2) is 0 Å². The van der Waals surface area contributed by atoms with Gasteiger partial charge >= 0.3 is 0 Å². The minimum atomic E-state index is 0.709. The molecule has 1 aliphatic heterocycles. The van der Waals surface area contributed by atoms with Gasteiger partial charge in [0.2, 0.25) is 0 Å². The summed E-state index contributed by atoms with van der Waals surface area (Å²) in [5.41, 5.74) is 0. The summed E-state index contributed by atoms with van der Waals surface area (Å²) in [4.78, 5) is 1.41. The maximum absolute atomic E-state index is 3.68. The third kappa shape index (κ3) is 2.60. The summed E-state index contributed by atoms with van der Waals surface area (Å²) >= 11 is 5.40. The Labute approximate surface area is 115 Å². The maximum Gasteiger partial charge on any atom is 0.0327 e. The van der Waals surface area contributed by atoms with Crippen molar-refractivity contribution in [1.82, 2.24) is 10.6 Å². The molecular formula is C13H19BrN2S. The topological polar surface area (TPSA) is 24.1 Å². The van der Waals surface area contributed by atoms with Crippen LogP contribution in [0.15, 0.2) is 15.9 Å². The van der Waals surface area contributed by atoms with Crippen LogP contribution < -0.4 is 10.6 Å². The van der Waals surface area contributed by atoms with Crippen molar-refractivity contribution in [3.05, 3.63) is 20.8 Å². The van der Waals surface area contributed by atoms with E-state index in [-0.39, 0.29) is 0 Å². The van der Waals surface area contributed by atoms with Crippen LogP contribution in [-0.4, -0.2) is 19.1 Å². The van der Waals surface area contributed by atoms with Gasteiger partial charge in [0.15, 0.2) is 0 Å². The Balaban J connectivity index is 1.47. The van der Waals surface area contributed by atoms with E-state index in [1.165, 1.54) is 35.2 Å². The zero-order valence-corrected chi connectivity index (χ0v) is 12.3. The maximum atomic E-state index is 3.68. The second-order valence-electron chi connectivity index (χ2n) is 5.19. The van der Waals surface area contributed by atoms with Crippen LogP contribution in [0.3, 0.4) is 0 Å². The highest BCUT2D eigenvalue weighted by Gasteiger charge is 2.38. The molecule has 0 aromatic carbocycles. The van der Waals surface area contributed by atoms with Gasteiger partial charge in [-0.3, -0.25) is 0 Å². The first-order valence-electron chi connectivity index (χ1n) is 6.50. The molecule has 2 aliphatic rings. The van der Waals surface area contributed by atoms with Gasteiger partial charge in [0.25, 0.3) is 0 Å². The van der Waals surface area contributed by atoms with Gasteiger partial charge in [-0.2, -0.15) is 0 Å².